The first-order valence-corrected chi connectivity index (χ1v) is 3.97. The van der Waals surface area contributed by atoms with Crippen molar-refractivity contribution in [2.45, 2.75) is 18.1 Å². The third-order valence-corrected chi connectivity index (χ3v) is 2.42. The fourth-order valence-electron chi connectivity index (χ4n) is 0.501. The Bertz CT molecular complexity index is 225. The van der Waals surface area contributed by atoms with Crippen LogP contribution in [0.25, 0.3) is 0 Å². The van der Waals surface area contributed by atoms with Crippen molar-refractivity contribution in [2.75, 3.05) is 0 Å². The van der Waals surface area contributed by atoms with Crippen molar-refractivity contribution in [3.8, 4) is 0 Å². The van der Waals surface area contributed by atoms with E-state index in [0.29, 0.717) is 0 Å². The van der Waals surface area contributed by atoms with Crippen LogP contribution in [0.1, 0.15) is 13.3 Å². The van der Waals surface area contributed by atoms with Crippen molar-refractivity contribution in [3.63, 3.8) is 0 Å². The van der Waals surface area contributed by atoms with Gasteiger partial charge in [-0.15, -0.1) is 0 Å². The zero-order chi connectivity index (χ0) is 9.94. The molecule has 2 atom stereocenters. The summed E-state index contributed by atoms with van der Waals surface area (Å²) in [6.45, 7) is 0.902. The van der Waals surface area contributed by atoms with Crippen molar-refractivity contribution in [1.29, 1.82) is 0 Å². The molecular weight excluding hydrogens is 325 g/mol. The van der Waals surface area contributed by atoms with Crippen molar-refractivity contribution < 1.29 is 28.6 Å². The Kier molecular flexibility index (Phi) is 7.63. The van der Waals surface area contributed by atoms with Crippen molar-refractivity contribution >= 4 is 71.9 Å². The molecule has 0 aromatic heterocycles. The van der Waals surface area contributed by atoms with E-state index in [0.717, 1.165) is 6.92 Å². The monoisotopic (exact) mass is 334 g/mol. The van der Waals surface area contributed by atoms with Gasteiger partial charge in [0.15, 0.2) is 15.8 Å². The summed E-state index contributed by atoms with van der Waals surface area (Å²) in [4.78, 5) is 20.5. The molecule has 8 heteroatoms. The second kappa shape index (κ2) is 6.17. The van der Waals surface area contributed by atoms with Gasteiger partial charge in [0.1, 0.15) is 0 Å². The van der Waals surface area contributed by atoms with Crippen LogP contribution >= 0.6 is 0 Å². The van der Waals surface area contributed by atoms with Crippen LogP contribution in [0.3, 0.4) is 0 Å². The van der Waals surface area contributed by atoms with Gasteiger partial charge < -0.3 is 14.8 Å². The van der Waals surface area contributed by atoms with Crippen LogP contribution in [-0.4, -0.2) is 84.5 Å². The Balaban J connectivity index is 0. The van der Waals surface area contributed by atoms with Crippen LogP contribution in [0, 0.1) is 0 Å². The molecule has 0 aliphatic carbocycles. The summed E-state index contributed by atoms with van der Waals surface area (Å²) >= 11 is -2.70. The summed E-state index contributed by atoms with van der Waals surface area (Å²) < 4.78 is 16.9. The molecule has 0 heterocycles. The Labute approximate surface area is 117 Å². The molecule has 0 fully saturated rings. The first kappa shape index (κ1) is 16.1. The number of carboxylic acid groups (broad SMARTS) is 2. The molecule has 2 unspecified atom stereocenters. The summed E-state index contributed by atoms with van der Waals surface area (Å²) in [6.07, 6.45) is -0.883. The van der Waals surface area contributed by atoms with Crippen LogP contribution in [-0.2, 0) is 20.7 Å². The van der Waals surface area contributed by atoms with Gasteiger partial charge in [0.2, 0.25) is 0 Å². The molecule has 0 aromatic carbocycles. The van der Waals surface area contributed by atoms with E-state index in [-0.39, 0.29) is 48.9 Å². The first-order valence-electron chi connectivity index (χ1n) is 2.87. The smallest absolute Gasteiger partial charge is 0.481 e. The first-order chi connectivity index (χ1) is 5.30. The summed E-state index contributed by atoms with van der Waals surface area (Å²) in [5.41, 5.74) is 0. The van der Waals surface area contributed by atoms with Gasteiger partial charge in [0.25, 0.3) is 0 Å². The molecular formula is C5H8BaO6S+2. The summed E-state index contributed by atoms with van der Waals surface area (Å²) in [7, 11) is 0. The average Bonchev–Trinajstić information content (AvgIpc) is 1.84. The molecule has 13 heavy (non-hydrogen) atoms. The molecule has 0 radical (unpaired) electrons. The third kappa shape index (κ3) is 4.59. The van der Waals surface area contributed by atoms with Gasteiger partial charge in [-0.05, 0) is 6.92 Å². The van der Waals surface area contributed by atoms with E-state index < -0.39 is 34.2 Å². The average molecular weight is 334 g/mol. The van der Waals surface area contributed by atoms with Crippen LogP contribution < -0.4 is 0 Å². The zero-order valence-corrected chi connectivity index (χ0v) is 12.1. The quantitative estimate of drug-likeness (QED) is 0.456. The van der Waals surface area contributed by atoms with E-state index in [2.05, 4.69) is 0 Å². The molecule has 0 aliphatic heterocycles. The number of rotatable bonds is 4. The van der Waals surface area contributed by atoms with Crippen LogP contribution in [0.15, 0.2) is 0 Å². The van der Waals surface area contributed by atoms with Gasteiger partial charge in [-0.2, -0.15) is 0 Å². The van der Waals surface area contributed by atoms with Gasteiger partial charge in [-0.25, -0.2) is 4.21 Å². The van der Waals surface area contributed by atoms with Crippen molar-refractivity contribution in [3.05, 3.63) is 0 Å². The molecule has 70 valence electrons. The second-order valence-corrected chi connectivity index (χ2v) is 3.76. The Morgan fingerprint density at radius 2 is 1.77 bits per heavy atom. The van der Waals surface area contributed by atoms with E-state index >= 15 is 0 Å². The maximum atomic E-state index is 10.5. The maximum absolute atomic E-state index is 10.5. The normalized spacial score (nSPS) is 16.5. The van der Waals surface area contributed by atoms with Crippen molar-refractivity contribution in [2.24, 2.45) is 0 Å². The molecule has 0 saturated carbocycles. The van der Waals surface area contributed by atoms with Crippen LogP contribution in [0.5, 0.6) is 0 Å². The van der Waals surface area contributed by atoms with Gasteiger partial charge in [-0.1, -0.05) is 0 Å². The summed E-state index contributed by atoms with van der Waals surface area (Å²) in [5.74, 6) is -3.03. The minimum atomic E-state index is -2.70. The van der Waals surface area contributed by atoms with Crippen LogP contribution in [0.2, 0.25) is 0 Å². The predicted molar refractivity (Wildman–Crippen MR) is 44.8 cm³/mol. The molecule has 0 aromatic rings. The molecule has 0 bridgehead atoms. The van der Waals surface area contributed by atoms with Gasteiger partial charge in [-0.3, -0.25) is 9.59 Å². The van der Waals surface area contributed by atoms with E-state index in [1.807, 2.05) is 0 Å². The second-order valence-electron chi connectivity index (χ2n) is 2.36. The SMILES string of the molecule is CC(CC(=O)O)(C(=O)O)S(=O)O.[Ba+2]. The predicted octanol–water partition coefficient (Wildman–Crippen LogP) is -0.855. The van der Waals surface area contributed by atoms with Crippen LogP contribution in [0.4, 0.5) is 0 Å². The standard InChI is InChI=1S/C5H8O6S.Ba/c1-5(4(8)9,12(10)11)2-3(6)7;/h2H2,1H3,(H,6,7)(H,8,9)(H,10,11);/q;+2. The van der Waals surface area contributed by atoms with E-state index in [9.17, 15) is 13.8 Å². The molecule has 0 amide bonds. The minimum Gasteiger partial charge on any atom is -0.481 e. The number of carbonyl (C=O) groups is 2. The minimum absolute atomic E-state index is 0. The van der Waals surface area contributed by atoms with Gasteiger partial charge in [0, 0.05) is 0 Å². The fourth-order valence-corrected chi connectivity index (χ4v) is 0.897. The molecule has 3 N–H and O–H groups in total. The van der Waals surface area contributed by atoms with Gasteiger partial charge in [0.05, 0.1) is 6.42 Å². The van der Waals surface area contributed by atoms with Gasteiger partial charge >= 0.3 is 60.8 Å². The Morgan fingerprint density at radius 3 is 1.85 bits per heavy atom. The van der Waals surface area contributed by atoms with E-state index in [4.69, 9.17) is 14.8 Å². The molecule has 0 aliphatic rings. The summed E-state index contributed by atoms with van der Waals surface area (Å²) in [6, 6.07) is 0. The largest absolute Gasteiger partial charge is 2.00 e. The Hall–Kier alpha value is 0.621. The Morgan fingerprint density at radius 1 is 1.38 bits per heavy atom. The van der Waals surface area contributed by atoms with E-state index in [1.54, 1.807) is 0 Å². The third-order valence-electron chi connectivity index (χ3n) is 1.33. The number of hydrogen-bond donors (Lipinski definition) is 3. The van der Waals surface area contributed by atoms with Crippen molar-refractivity contribution in [1.82, 2.24) is 0 Å². The number of aliphatic carboxylic acids is 2. The zero-order valence-electron chi connectivity index (χ0n) is 6.89. The van der Waals surface area contributed by atoms with E-state index in [1.165, 1.54) is 0 Å². The number of carboxylic acids is 2. The summed E-state index contributed by atoms with van der Waals surface area (Å²) in [5, 5.41) is 16.7. The molecule has 0 saturated heterocycles. The maximum Gasteiger partial charge on any atom is 2.00 e. The topological polar surface area (TPSA) is 112 Å². The molecule has 6 nitrogen and oxygen atoms in total. The fraction of sp³-hybridized carbons (Fsp3) is 0.600. The molecule has 0 spiro atoms. The molecule has 0 rings (SSSR count). The number of hydrogen-bond acceptors (Lipinski definition) is 3.